The average Bonchev–Trinajstić information content (AvgIpc) is 2.61. The molecule has 0 heterocycles. The standard InChI is InChI=1S/C16H18N2O7S2/c1-3-26(21,22)17-13-7-8-15(14(10-13)25-2)27(23,24)18-12-6-4-5-11(9-12)16(19)20/h4-10,17-18H,3H2,1-2H3,(H,19,20). The molecule has 0 aliphatic rings. The Morgan fingerprint density at radius 3 is 2.30 bits per heavy atom. The Bertz CT molecular complexity index is 1060. The number of hydrogen-bond acceptors (Lipinski definition) is 6. The van der Waals surface area contributed by atoms with Crippen molar-refractivity contribution in [1.29, 1.82) is 0 Å². The first-order valence-corrected chi connectivity index (χ1v) is 10.8. The summed E-state index contributed by atoms with van der Waals surface area (Å²) in [5.41, 5.74) is 0.139. The summed E-state index contributed by atoms with van der Waals surface area (Å²) in [5.74, 6) is -1.41. The van der Waals surface area contributed by atoms with Crippen LogP contribution in [0.5, 0.6) is 5.75 Å². The topological polar surface area (TPSA) is 139 Å². The van der Waals surface area contributed by atoms with Crippen LogP contribution in [0.4, 0.5) is 11.4 Å². The normalized spacial score (nSPS) is 11.6. The number of methoxy groups -OCH3 is 1. The number of carboxylic acids is 1. The molecule has 0 fully saturated rings. The van der Waals surface area contributed by atoms with Gasteiger partial charge in [0.25, 0.3) is 10.0 Å². The Kier molecular flexibility index (Phi) is 5.96. The van der Waals surface area contributed by atoms with E-state index in [2.05, 4.69) is 9.44 Å². The van der Waals surface area contributed by atoms with Gasteiger partial charge >= 0.3 is 5.97 Å². The zero-order valence-corrected chi connectivity index (χ0v) is 16.1. The number of carbonyl (C=O) groups is 1. The van der Waals surface area contributed by atoms with E-state index < -0.39 is 26.0 Å². The highest BCUT2D eigenvalue weighted by Crippen LogP contribution is 2.29. The van der Waals surface area contributed by atoms with Gasteiger partial charge < -0.3 is 9.84 Å². The fourth-order valence-corrected chi connectivity index (χ4v) is 3.96. The average molecular weight is 414 g/mol. The van der Waals surface area contributed by atoms with Crippen molar-refractivity contribution in [3.05, 3.63) is 48.0 Å². The monoisotopic (exact) mass is 414 g/mol. The highest BCUT2D eigenvalue weighted by Gasteiger charge is 2.21. The number of hydrogen-bond donors (Lipinski definition) is 3. The van der Waals surface area contributed by atoms with Crippen LogP contribution in [-0.2, 0) is 20.0 Å². The van der Waals surface area contributed by atoms with Crippen LogP contribution in [0.1, 0.15) is 17.3 Å². The molecule has 0 aliphatic carbocycles. The van der Waals surface area contributed by atoms with Crippen molar-refractivity contribution in [2.45, 2.75) is 11.8 Å². The summed E-state index contributed by atoms with van der Waals surface area (Å²) < 4.78 is 58.2. The van der Waals surface area contributed by atoms with Crippen LogP contribution in [0, 0.1) is 0 Å². The van der Waals surface area contributed by atoms with Crippen LogP contribution in [0.15, 0.2) is 47.4 Å². The number of aromatic carboxylic acids is 1. The van der Waals surface area contributed by atoms with E-state index in [1.54, 1.807) is 0 Å². The fraction of sp³-hybridized carbons (Fsp3) is 0.188. The molecule has 0 radical (unpaired) electrons. The number of nitrogens with one attached hydrogen (secondary N) is 2. The smallest absolute Gasteiger partial charge is 0.335 e. The van der Waals surface area contributed by atoms with E-state index in [4.69, 9.17) is 9.84 Å². The molecule has 27 heavy (non-hydrogen) atoms. The van der Waals surface area contributed by atoms with Crippen molar-refractivity contribution in [2.24, 2.45) is 0 Å². The third-order valence-electron chi connectivity index (χ3n) is 3.47. The molecule has 0 spiro atoms. The van der Waals surface area contributed by atoms with Gasteiger partial charge in [0.1, 0.15) is 10.6 Å². The molecule has 0 atom stereocenters. The molecular formula is C16H18N2O7S2. The van der Waals surface area contributed by atoms with Crippen LogP contribution in [0.3, 0.4) is 0 Å². The Morgan fingerprint density at radius 1 is 1.04 bits per heavy atom. The third kappa shape index (κ3) is 5.11. The Labute approximate surface area is 157 Å². The highest BCUT2D eigenvalue weighted by atomic mass is 32.2. The van der Waals surface area contributed by atoms with Gasteiger partial charge in [0.05, 0.1) is 24.1 Å². The van der Waals surface area contributed by atoms with Crippen molar-refractivity contribution in [3.8, 4) is 5.75 Å². The lowest BCUT2D eigenvalue weighted by atomic mass is 10.2. The molecule has 2 aromatic rings. The lowest BCUT2D eigenvalue weighted by Crippen LogP contribution is -2.16. The second-order valence-corrected chi connectivity index (χ2v) is 9.02. The van der Waals surface area contributed by atoms with Crippen LogP contribution in [0.2, 0.25) is 0 Å². The molecule has 146 valence electrons. The Hall–Kier alpha value is -2.79. The summed E-state index contributed by atoms with van der Waals surface area (Å²) in [5, 5.41) is 9.00. The first-order chi connectivity index (χ1) is 12.6. The molecule has 0 amide bonds. The molecule has 2 rings (SSSR count). The zero-order valence-electron chi connectivity index (χ0n) is 14.5. The predicted octanol–water partition coefficient (Wildman–Crippen LogP) is 1.96. The molecule has 2 aromatic carbocycles. The van der Waals surface area contributed by atoms with Gasteiger partial charge in [-0.05, 0) is 37.3 Å². The minimum atomic E-state index is -4.11. The second kappa shape index (κ2) is 7.84. The maximum Gasteiger partial charge on any atom is 0.335 e. The largest absolute Gasteiger partial charge is 0.495 e. The van der Waals surface area contributed by atoms with Crippen LogP contribution < -0.4 is 14.2 Å². The summed E-state index contributed by atoms with van der Waals surface area (Å²) >= 11 is 0. The number of anilines is 2. The third-order valence-corrected chi connectivity index (χ3v) is 6.20. The lowest BCUT2D eigenvalue weighted by molar-refractivity contribution is 0.0697. The molecule has 0 aliphatic heterocycles. The van der Waals surface area contributed by atoms with E-state index >= 15 is 0 Å². The quantitative estimate of drug-likeness (QED) is 0.600. The molecule has 0 bridgehead atoms. The van der Waals surface area contributed by atoms with Crippen LogP contribution >= 0.6 is 0 Å². The number of sulfonamides is 2. The molecule has 3 N–H and O–H groups in total. The molecular weight excluding hydrogens is 396 g/mol. The fourth-order valence-electron chi connectivity index (χ4n) is 2.13. The summed E-state index contributed by atoms with van der Waals surface area (Å²) in [4.78, 5) is 10.8. The van der Waals surface area contributed by atoms with Crippen LogP contribution in [-0.4, -0.2) is 40.8 Å². The molecule has 9 nitrogen and oxygen atoms in total. The minimum absolute atomic E-state index is 0.0627. The maximum atomic E-state index is 12.6. The van der Waals surface area contributed by atoms with Crippen molar-refractivity contribution in [1.82, 2.24) is 0 Å². The van der Waals surface area contributed by atoms with E-state index in [-0.39, 0.29) is 33.3 Å². The molecule has 0 saturated heterocycles. The first-order valence-electron chi connectivity index (χ1n) is 7.62. The van der Waals surface area contributed by atoms with E-state index in [1.807, 2.05) is 0 Å². The SMILES string of the molecule is CCS(=O)(=O)Nc1ccc(S(=O)(=O)Nc2cccc(C(=O)O)c2)c(OC)c1. The van der Waals surface area contributed by atoms with E-state index in [0.717, 1.165) is 0 Å². The van der Waals surface area contributed by atoms with Gasteiger partial charge in [-0.2, -0.15) is 0 Å². The summed E-state index contributed by atoms with van der Waals surface area (Å²) in [6.07, 6.45) is 0. The van der Waals surface area contributed by atoms with Gasteiger partial charge in [-0.1, -0.05) is 6.07 Å². The Balaban J connectivity index is 2.38. The second-order valence-electron chi connectivity index (χ2n) is 5.36. The van der Waals surface area contributed by atoms with E-state index in [9.17, 15) is 21.6 Å². The highest BCUT2D eigenvalue weighted by molar-refractivity contribution is 7.93. The number of ether oxygens (including phenoxy) is 1. The van der Waals surface area contributed by atoms with Gasteiger partial charge in [0.15, 0.2) is 0 Å². The number of benzene rings is 2. The minimum Gasteiger partial charge on any atom is -0.495 e. The van der Waals surface area contributed by atoms with Crippen molar-refractivity contribution in [2.75, 3.05) is 22.3 Å². The van der Waals surface area contributed by atoms with Crippen molar-refractivity contribution in [3.63, 3.8) is 0 Å². The van der Waals surface area contributed by atoms with Gasteiger partial charge in [-0.3, -0.25) is 9.44 Å². The number of rotatable bonds is 8. The zero-order chi connectivity index (χ0) is 20.2. The predicted molar refractivity (Wildman–Crippen MR) is 100 cm³/mol. The lowest BCUT2D eigenvalue weighted by Gasteiger charge is -2.14. The Morgan fingerprint density at radius 2 is 1.70 bits per heavy atom. The number of carboxylic acid groups (broad SMARTS) is 1. The van der Waals surface area contributed by atoms with Gasteiger partial charge in [-0.15, -0.1) is 0 Å². The van der Waals surface area contributed by atoms with Crippen molar-refractivity contribution >= 4 is 37.4 Å². The summed E-state index contributed by atoms with van der Waals surface area (Å²) in [7, 11) is -6.40. The van der Waals surface area contributed by atoms with Gasteiger partial charge in [-0.25, -0.2) is 21.6 Å². The molecule has 0 aromatic heterocycles. The summed E-state index contributed by atoms with van der Waals surface area (Å²) in [6, 6.07) is 9.04. The summed E-state index contributed by atoms with van der Waals surface area (Å²) in [6.45, 7) is 1.47. The van der Waals surface area contributed by atoms with Crippen LogP contribution in [0.25, 0.3) is 0 Å². The van der Waals surface area contributed by atoms with Crippen molar-refractivity contribution < 1.29 is 31.5 Å². The molecule has 0 saturated carbocycles. The van der Waals surface area contributed by atoms with E-state index in [1.165, 1.54) is 56.5 Å². The van der Waals surface area contributed by atoms with Gasteiger partial charge in [0, 0.05) is 11.8 Å². The van der Waals surface area contributed by atoms with Gasteiger partial charge in [0.2, 0.25) is 10.0 Å². The molecule has 0 unspecified atom stereocenters. The van der Waals surface area contributed by atoms with E-state index in [0.29, 0.717) is 0 Å². The first kappa shape index (κ1) is 20.5. The molecule has 11 heteroatoms. The maximum absolute atomic E-state index is 12.6.